The highest BCUT2D eigenvalue weighted by Gasteiger charge is 2.34. The first-order chi connectivity index (χ1) is 12.2. The van der Waals surface area contributed by atoms with Crippen LogP contribution in [-0.4, -0.2) is 17.0 Å². The van der Waals surface area contributed by atoms with Gasteiger partial charge in [0.25, 0.3) is 0 Å². The minimum atomic E-state index is -0.904. The number of thiophene rings is 1. The molecule has 0 fully saturated rings. The quantitative estimate of drug-likeness (QED) is 0.727. The standard InChI is InChI=1S/C20H28N2O3S/c1-5-20(3,4)13-6-7-14-15(11-21)19(26-16(14)10-13)22-17(23)8-12(2)9-18(24)25/h12-13H,5-10H2,1-4H3,(H,22,23)(H,24,25)/t12-,13-/m1/s1. The van der Waals surface area contributed by atoms with Crippen LogP contribution in [0, 0.1) is 28.6 Å². The Hall–Kier alpha value is -1.87. The van der Waals surface area contributed by atoms with Gasteiger partial charge in [-0.3, -0.25) is 9.59 Å². The molecule has 0 bridgehead atoms. The van der Waals surface area contributed by atoms with Crippen LogP contribution in [0.25, 0.3) is 0 Å². The molecule has 1 aromatic rings. The molecule has 1 aliphatic carbocycles. The summed E-state index contributed by atoms with van der Waals surface area (Å²) in [6, 6.07) is 2.26. The van der Waals surface area contributed by atoms with E-state index in [4.69, 9.17) is 5.11 Å². The molecule has 0 aliphatic heterocycles. The van der Waals surface area contributed by atoms with Gasteiger partial charge in [0.05, 0.1) is 5.56 Å². The van der Waals surface area contributed by atoms with Gasteiger partial charge in [-0.25, -0.2) is 0 Å². The highest BCUT2D eigenvalue weighted by atomic mass is 32.1. The lowest BCUT2D eigenvalue weighted by atomic mass is 9.69. The molecule has 0 radical (unpaired) electrons. The van der Waals surface area contributed by atoms with Gasteiger partial charge in [0.1, 0.15) is 11.1 Å². The average molecular weight is 377 g/mol. The van der Waals surface area contributed by atoms with E-state index in [1.54, 1.807) is 6.92 Å². The third-order valence-electron chi connectivity index (χ3n) is 5.70. The summed E-state index contributed by atoms with van der Waals surface area (Å²) in [5, 5.41) is 21.9. The number of amides is 1. The number of carbonyl (C=O) groups is 2. The minimum Gasteiger partial charge on any atom is -0.481 e. The second kappa shape index (κ2) is 8.22. The lowest BCUT2D eigenvalue weighted by molar-refractivity contribution is -0.138. The lowest BCUT2D eigenvalue weighted by Crippen LogP contribution is -2.28. The zero-order valence-electron chi connectivity index (χ0n) is 16.0. The van der Waals surface area contributed by atoms with Gasteiger partial charge < -0.3 is 10.4 Å². The van der Waals surface area contributed by atoms with Crippen LogP contribution in [0.2, 0.25) is 0 Å². The van der Waals surface area contributed by atoms with Crippen LogP contribution in [0.15, 0.2) is 0 Å². The van der Waals surface area contributed by atoms with E-state index in [1.165, 1.54) is 16.2 Å². The molecule has 0 saturated carbocycles. The average Bonchev–Trinajstić information content (AvgIpc) is 2.89. The molecule has 2 rings (SSSR count). The largest absolute Gasteiger partial charge is 0.481 e. The van der Waals surface area contributed by atoms with Crippen molar-refractivity contribution < 1.29 is 14.7 Å². The Morgan fingerprint density at radius 2 is 2.12 bits per heavy atom. The number of rotatable bonds is 7. The molecule has 0 unspecified atom stereocenters. The van der Waals surface area contributed by atoms with Gasteiger partial charge in [0, 0.05) is 17.7 Å². The molecule has 6 heteroatoms. The minimum absolute atomic E-state index is 0.0345. The monoisotopic (exact) mass is 376 g/mol. The molecule has 1 aromatic heterocycles. The number of anilines is 1. The summed E-state index contributed by atoms with van der Waals surface area (Å²) in [7, 11) is 0. The van der Waals surface area contributed by atoms with Gasteiger partial charge >= 0.3 is 5.97 Å². The van der Waals surface area contributed by atoms with Crippen LogP contribution in [-0.2, 0) is 22.4 Å². The van der Waals surface area contributed by atoms with E-state index in [1.807, 2.05) is 0 Å². The van der Waals surface area contributed by atoms with E-state index in [0.29, 0.717) is 16.5 Å². The van der Waals surface area contributed by atoms with Crippen molar-refractivity contribution in [3.05, 3.63) is 16.0 Å². The first-order valence-electron chi connectivity index (χ1n) is 9.24. The second-order valence-corrected chi connectivity index (χ2v) is 9.16. The number of carboxylic acids is 1. The van der Waals surface area contributed by atoms with Crippen LogP contribution >= 0.6 is 11.3 Å². The summed E-state index contributed by atoms with van der Waals surface area (Å²) in [4.78, 5) is 24.2. The molecule has 2 N–H and O–H groups in total. The maximum Gasteiger partial charge on any atom is 0.303 e. The first-order valence-corrected chi connectivity index (χ1v) is 10.1. The Bertz CT molecular complexity index is 730. The van der Waals surface area contributed by atoms with E-state index in [2.05, 4.69) is 32.2 Å². The van der Waals surface area contributed by atoms with Crippen molar-refractivity contribution in [1.82, 2.24) is 0 Å². The highest BCUT2D eigenvalue weighted by molar-refractivity contribution is 7.16. The highest BCUT2D eigenvalue weighted by Crippen LogP contribution is 2.45. The number of hydrogen-bond acceptors (Lipinski definition) is 4. The van der Waals surface area contributed by atoms with Crippen molar-refractivity contribution in [1.29, 1.82) is 5.26 Å². The first kappa shape index (κ1) is 20.4. The number of nitriles is 1. The smallest absolute Gasteiger partial charge is 0.303 e. The van der Waals surface area contributed by atoms with Crippen LogP contribution in [0.4, 0.5) is 5.00 Å². The molecule has 0 saturated heterocycles. The molecule has 0 spiro atoms. The number of carboxylic acid groups (broad SMARTS) is 1. The van der Waals surface area contributed by atoms with Crippen molar-refractivity contribution in [2.45, 2.75) is 66.2 Å². The summed E-state index contributed by atoms with van der Waals surface area (Å²) in [6.45, 7) is 8.56. The lowest BCUT2D eigenvalue weighted by Gasteiger charge is -2.36. The van der Waals surface area contributed by atoms with Crippen molar-refractivity contribution in [3.8, 4) is 6.07 Å². The Morgan fingerprint density at radius 3 is 2.69 bits per heavy atom. The number of nitrogens with one attached hydrogen (secondary N) is 1. The Kier molecular flexibility index (Phi) is 6.46. The van der Waals surface area contributed by atoms with E-state index in [9.17, 15) is 14.9 Å². The Balaban J connectivity index is 2.14. The predicted octanol–water partition coefficient (Wildman–Crippen LogP) is 4.60. The third kappa shape index (κ3) is 4.64. The fourth-order valence-corrected chi connectivity index (χ4v) is 4.91. The summed E-state index contributed by atoms with van der Waals surface area (Å²) >= 11 is 1.52. The van der Waals surface area contributed by atoms with Gasteiger partial charge in [-0.2, -0.15) is 5.26 Å². The number of aliphatic carboxylic acids is 1. The topological polar surface area (TPSA) is 90.2 Å². The summed E-state index contributed by atoms with van der Waals surface area (Å²) in [6.07, 6.45) is 4.14. The van der Waals surface area contributed by atoms with Crippen molar-refractivity contribution in [2.75, 3.05) is 5.32 Å². The molecule has 1 amide bonds. The van der Waals surface area contributed by atoms with Crippen LogP contribution in [0.5, 0.6) is 0 Å². The van der Waals surface area contributed by atoms with Crippen LogP contribution < -0.4 is 5.32 Å². The van der Waals surface area contributed by atoms with Crippen LogP contribution in [0.1, 0.15) is 69.4 Å². The fourth-order valence-electron chi connectivity index (χ4n) is 3.61. The number of fused-ring (bicyclic) bond motifs is 1. The normalized spacial score (nSPS) is 17.9. The van der Waals surface area contributed by atoms with Crippen LogP contribution in [0.3, 0.4) is 0 Å². The molecule has 1 aliphatic rings. The molecule has 142 valence electrons. The zero-order valence-corrected chi connectivity index (χ0v) is 16.8. The van der Waals surface area contributed by atoms with E-state index < -0.39 is 5.97 Å². The van der Waals surface area contributed by atoms with Gasteiger partial charge in [0.15, 0.2) is 0 Å². The molecule has 5 nitrogen and oxygen atoms in total. The van der Waals surface area contributed by atoms with Gasteiger partial charge in [0.2, 0.25) is 5.91 Å². The van der Waals surface area contributed by atoms with E-state index in [0.717, 1.165) is 31.2 Å². The number of nitrogens with zero attached hydrogens (tertiary/aromatic N) is 1. The molecular weight excluding hydrogens is 348 g/mol. The zero-order chi connectivity index (χ0) is 19.5. The molecule has 1 heterocycles. The Labute approximate surface area is 159 Å². The number of carbonyl (C=O) groups excluding carboxylic acids is 1. The summed E-state index contributed by atoms with van der Waals surface area (Å²) in [5.74, 6) is -0.773. The van der Waals surface area contributed by atoms with Gasteiger partial charge in [-0.15, -0.1) is 11.3 Å². The molecule has 26 heavy (non-hydrogen) atoms. The maximum atomic E-state index is 12.2. The van der Waals surface area contributed by atoms with Crippen molar-refractivity contribution in [3.63, 3.8) is 0 Å². The number of hydrogen-bond donors (Lipinski definition) is 2. The van der Waals surface area contributed by atoms with Crippen molar-refractivity contribution in [2.24, 2.45) is 17.3 Å². The molecule has 2 atom stereocenters. The van der Waals surface area contributed by atoms with Gasteiger partial charge in [-0.1, -0.05) is 34.1 Å². The Morgan fingerprint density at radius 1 is 1.42 bits per heavy atom. The predicted molar refractivity (Wildman–Crippen MR) is 103 cm³/mol. The van der Waals surface area contributed by atoms with E-state index >= 15 is 0 Å². The molecular formula is C20H28N2O3S. The molecule has 0 aromatic carbocycles. The SMILES string of the molecule is CCC(C)(C)[C@@H]1CCc2c(sc(NC(=O)C[C@@H](C)CC(=O)O)c2C#N)C1. The maximum absolute atomic E-state index is 12.2. The third-order valence-corrected chi connectivity index (χ3v) is 6.87. The second-order valence-electron chi connectivity index (χ2n) is 8.06. The van der Waals surface area contributed by atoms with Crippen molar-refractivity contribution >= 4 is 28.2 Å². The van der Waals surface area contributed by atoms with E-state index in [-0.39, 0.29) is 30.1 Å². The summed E-state index contributed by atoms with van der Waals surface area (Å²) < 4.78 is 0. The summed E-state index contributed by atoms with van der Waals surface area (Å²) in [5.41, 5.74) is 1.95. The fraction of sp³-hybridized carbons (Fsp3) is 0.650. The van der Waals surface area contributed by atoms with Gasteiger partial charge in [-0.05, 0) is 42.1 Å².